The number of esters is 2. The van der Waals surface area contributed by atoms with Gasteiger partial charge in [-0.25, -0.2) is 0 Å². The van der Waals surface area contributed by atoms with Gasteiger partial charge < -0.3 is 18.7 Å². The van der Waals surface area contributed by atoms with Crippen molar-refractivity contribution in [2.45, 2.75) is 123 Å². The Morgan fingerprint density at radius 1 is 1.00 bits per heavy atom. The van der Waals surface area contributed by atoms with Crippen LogP contribution in [0.2, 0.25) is 0 Å². The number of piperidine rings is 1. The van der Waals surface area contributed by atoms with E-state index in [1.807, 2.05) is 6.92 Å². The predicted octanol–water partition coefficient (Wildman–Crippen LogP) is 5.76. The van der Waals surface area contributed by atoms with Gasteiger partial charge in [-0.2, -0.15) is 0 Å². The van der Waals surface area contributed by atoms with Crippen LogP contribution in [0.1, 0.15) is 98.3 Å². The second-order valence-electron chi connectivity index (χ2n) is 15.8. The van der Waals surface area contributed by atoms with E-state index in [1.165, 1.54) is 58.0 Å². The van der Waals surface area contributed by atoms with Gasteiger partial charge in [0, 0.05) is 44.3 Å². The lowest BCUT2D eigenvalue weighted by Crippen LogP contribution is -2.63. The number of morpholine rings is 1. The number of hydrogen-bond acceptors (Lipinski definition) is 6. The van der Waals surface area contributed by atoms with Gasteiger partial charge in [-0.3, -0.25) is 14.5 Å². The van der Waals surface area contributed by atoms with Gasteiger partial charge in [0.1, 0.15) is 12.1 Å². The summed E-state index contributed by atoms with van der Waals surface area (Å²) in [7, 11) is 0. The minimum absolute atomic E-state index is 0.00437. The molecule has 7 heteroatoms. The van der Waals surface area contributed by atoms with Crippen LogP contribution in [0, 0.1) is 34.5 Å². The molecule has 3 unspecified atom stereocenters. The Labute approximate surface area is 260 Å². The van der Waals surface area contributed by atoms with Gasteiger partial charge in [0.25, 0.3) is 0 Å². The largest absolute Gasteiger partial charge is 0.461 e. The van der Waals surface area contributed by atoms with E-state index in [0.29, 0.717) is 36.1 Å². The summed E-state index contributed by atoms with van der Waals surface area (Å²) in [5.41, 5.74) is 0.262. The molecule has 6 aliphatic rings. The van der Waals surface area contributed by atoms with Gasteiger partial charge >= 0.3 is 11.9 Å². The zero-order valence-corrected chi connectivity index (χ0v) is 27.6. The number of rotatable bonds is 7. The number of nitrogens with zero attached hydrogens (tertiary/aromatic N) is 2. The van der Waals surface area contributed by atoms with Crippen LogP contribution in [-0.2, 0) is 23.8 Å². The topological polar surface area (TPSA) is 65.1 Å². The van der Waals surface area contributed by atoms with Crippen LogP contribution in [0.3, 0.4) is 0 Å². The second-order valence-corrected chi connectivity index (χ2v) is 15.8. The summed E-state index contributed by atoms with van der Waals surface area (Å²) in [5, 5.41) is 0. The van der Waals surface area contributed by atoms with E-state index >= 15 is 0 Å². The highest BCUT2D eigenvalue weighted by Crippen LogP contribution is 2.67. The van der Waals surface area contributed by atoms with Crippen molar-refractivity contribution in [1.29, 1.82) is 0 Å². The van der Waals surface area contributed by atoms with E-state index < -0.39 is 0 Å². The van der Waals surface area contributed by atoms with Crippen molar-refractivity contribution in [2.24, 2.45) is 34.5 Å². The first-order valence-corrected chi connectivity index (χ1v) is 17.8. The van der Waals surface area contributed by atoms with Crippen molar-refractivity contribution in [3.63, 3.8) is 0 Å². The van der Waals surface area contributed by atoms with Crippen LogP contribution in [-0.4, -0.2) is 91.6 Å². The molecule has 0 bridgehead atoms. The number of hydrogen-bond donors (Lipinski definition) is 0. The molecule has 0 spiro atoms. The van der Waals surface area contributed by atoms with E-state index in [-0.39, 0.29) is 41.0 Å². The normalized spacial score (nSPS) is 44.4. The first-order chi connectivity index (χ1) is 20.6. The Morgan fingerprint density at radius 3 is 2.42 bits per heavy atom. The molecule has 0 aromatic carbocycles. The van der Waals surface area contributed by atoms with E-state index in [9.17, 15) is 9.59 Å². The average Bonchev–Trinajstić information content (AvgIpc) is 3.30. The predicted molar refractivity (Wildman–Crippen MR) is 167 cm³/mol. The summed E-state index contributed by atoms with van der Waals surface area (Å²) in [6.45, 7) is 19.6. The summed E-state index contributed by atoms with van der Waals surface area (Å²) in [6, 6.07) is 0.638. The molecule has 43 heavy (non-hydrogen) atoms. The summed E-state index contributed by atoms with van der Waals surface area (Å²) in [5.74, 6) is 2.33. The molecule has 0 N–H and O–H groups in total. The minimum Gasteiger partial charge on any atom is -0.461 e. The first kappa shape index (κ1) is 31.5. The van der Waals surface area contributed by atoms with Crippen LogP contribution in [0.15, 0.2) is 12.7 Å². The fraction of sp³-hybridized carbons (Fsp3) is 0.889. The number of quaternary nitrogens is 1. The third-order valence-electron chi connectivity index (χ3n) is 13.9. The Balaban J connectivity index is 1.31. The molecule has 242 valence electrons. The molecule has 2 heterocycles. The van der Waals surface area contributed by atoms with E-state index in [4.69, 9.17) is 14.2 Å². The van der Waals surface area contributed by atoms with E-state index in [0.717, 1.165) is 56.6 Å². The molecule has 0 aromatic rings. The van der Waals surface area contributed by atoms with Crippen molar-refractivity contribution in [3.05, 3.63) is 12.7 Å². The highest BCUT2D eigenvalue weighted by atomic mass is 16.5. The molecule has 10 atom stereocenters. The molecular formula is C36H59N2O5+. The van der Waals surface area contributed by atoms with Crippen LogP contribution < -0.4 is 0 Å². The molecular weight excluding hydrogens is 540 g/mol. The number of fused-ring (bicyclic) bond motifs is 5. The van der Waals surface area contributed by atoms with Crippen molar-refractivity contribution in [1.82, 2.24) is 4.90 Å². The molecule has 0 aromatic heterocycles. The zero-order valence-electron chi connectivity index (χ0n) is 27.6. The fourth-order valence-electron chi connectivity index (χ4n) is 11.8. The lowest BCUT2D eigenvalue weighted by molar-refractivity contribution is -0.952. The Kier molecular flexibility index (Phi) is 9.09. The Bertz CT molecular complexity index is 1040. The molecule has 6 rings (SSSR count). The van der Waals surface area contributed by atoms with Crippen molar-refractivity contribution < 1.29 is 28.3 Å². The molecule has 6 fully saturated rings. The van der Waals surface area contributed by atoms with Crippen molar-refractivity contribution in [2.75, 3.05) is 45.9 Å². The minimum atomic E-state index is -0.145. The molecule has 4 saturated carbocycles. The van der Waals surface area contributed by atoms with Crippen molar-refractivity contribution >= 4 is 11.9 Å². The first-order valence-electron chi connectivity index (χ1n) is 17.8. The number of likely N-dealkylation sites (tertiary alicyclic amines) is 1. The molecule has 0 amide bonds. The molecule has 7 nitrogen and oxygen atoms in total. The summed E-state index contributed by atoms with van der Waals surface area (Å²) in [4.78, 5) is 27.8. The lowest BCUT2D eigenvalue weighted by atomic mass is 9.44. The number of carbonyl (C=O) groups is 2. The Hall–Kier alpha value is -1.44. The summed E-state index contributed by atoms with van der Waals surface area (Å²) < 4.78 is 19.4. The number of ether oxygens (including phenoxy) is 3. The van der Waals surface area contributed by atoms with Crippen LogP contribution in [0.5, 0.6) is 0 Å². The maximum Gasteiger partial charge on any atom is 0.306 e. The van der Waals surface area contributed by atoms with Crippen LogP contribution in [0.4, 0.5) is 0 Å². The Morgan fingerprint density at radius 2 is 1.74 bits per heavy atom. The quantitative estimate of drug-likeness (QED) is 0.211. The third kappa shape index (κ3) is 5.52. The molecule has 0 radical (unpaired) electrons. The average molecular weight is 600 g/mol. The molecule has 2 aliphatic heterocycles. The van der Waals surface area contributed by atoms with Gasteiger partial charge in [0.15, 0.2) is 6.10 Å². The van der Waals surface area contributed by atoms with Gasteiger partial charge in [-0.15, -0.1) is 0 Å². The van der Waals surface area contributed by atoms with Gasteiger partial charge in [-0.1, -0.05) is 27.4 Å². The standard InChI is InChI=1S/C36H59N2O5/c1-6-17-38(18-9-8-10-19-38)31-23-29-27-12-11-26-22-32(42-25(3)39)30(37-15-20-41-21-16-37)24-36(26,5)28(27)13-14-35(29,4)34(31)43-33(40)7-2/h6,26-32,34H,1,7-24H2,2-5H3/q+1/t26-,27?,28?,29?,30-,31-,32-,34-,35-,36-/m0/s1. The van der Waals surface area contributed by atoms with E-state index in [2.05, 4.69) is 31.4 Å². The SMILES string of the molecule is C=CC[N+]1([C@H]2CC3C4CC[C@H]5C[C@H](OC(C)=O)[C@@H](N6CCOCC6)C[C@]5(C)C4CC[C@]3(C)[C@H]2OC(=O)CC)CCCCC1. The van der Waals surface area contributed by atoms with Gasteiger partial charge in [-0.05, 0) is 93.0 Å². The lowest BCUT2D eigenvalue weighted by Gasteiger charge is -2.62. The highest BCUT2D eigenvalue weighted by Gasteiger charge is 2.67. The number of carbonyl (C=O) groups excluding carboxylic acids is 2. The van der Waals surface area contributed by atoms with Crippen molar-refractivity contribution in [3.8, 4) is 0 Å². The third-order valence-corrected chi connectivity index (χ3v) is 13.9. The summed E-state index contributed by atoms with van der Waals surface area (Å²) >= 11 is 0. The maximum atomic E-state index is 13.0. The maximum absolute atomic E-state index is 13.0. The smallest absolute Gasteiger partial charge is 0.306 e. The van der Waals surface area contributed by atoms with Crippen LogP contribution >= 0.6 is 0 Å². The highest BCUT2D eigenvalue weighted by molar-refractivity contribution is 5.69. The van der Waals surface area contributed by atoms with Crippen LogP contribution in [0.25, 0.3) is 0 Å². The van der Waals surface area contributed by atoms with E-state index in [1.54, 1.807) is 6.92 Å². The summed E-state index contributed by atoms with van der Waals surface area (Å²) in [6.07, 6.45) is 14.5. The monoisotopic (exact) mass is 599 g/mol. The molecule has 2 saturated heterocycles. The van der Waals surface area contributed by atoms with Gasteiger partial charge in [0.05, 0.1) is 32.8 Å². The zero-order chi connectivity index (χ0) is 30.4. The molecule has 4 aliphatic carbocycles. The van der Waals surface area contributed by atoms with Gasteiger partial charge in [0.2, 0.25) is 0 Å². The fourth-order valence-corrected chi connectivity index (χ4v) is 11.8. The second kappa shape index (κ2) is 12.4.